The molecule has 3 heteroatoms. The molecule has 0 aliphatic rings. The van der Waals surface area contributed by atoms with E-state index >= 15 is 0 Å². The second-order valence-electron chi connectivity index (χ2n) is 5.60. The van der Waals surface area contributed by atoms with Crippen molar-refractivity contribution in [2.75, 3.05) is 7.05 Å². The van der Waals surface area contributed by atoms with Crippen molar-refractivity contribution in [3.8, 4) is 0 Å². The predicted octanol–water partition coefficient (Wildman–Crippen LogP) is 3.95. The number of rotatable bonds is 5. The summed E-state index contributed by atoms with van der Waals surface area (Å²) in [4.78, 5) is 4.49. The SMILES string of the molecule is CNC(Cc1ccc(Br)cn1)C(C)(C)c1ccccc1. The van der Waals surface area contributed by atoms with E-state index in [0.29, 0.717) is 6.04 Å². The van der Waals surface area contributed by atoms with E-state index in [1.165, 1.54) is 5.56 Å². The van der Waals surface area contributed by atoms with E-state index in [1.54, 1.807) is 0 Å². The van der Waals surface area contributed by atoms with Gasteiger partial charge in [0.1, 0.15) is 0 Å². The van der Waals surface area contributed by atoms with Crippen molar-refractivity contribution in [2.45, 2.75) is 31.7 Å². The molecule has 1 aromatic carbocycles. The van der Waals surface area contributed by atoms with Crippen LogP contribution in [0.4, 0.5) is 0 Å². The Morgan fingerprint density at radius 2 is 1.85 bits per heavy atom. The van der Waals surface area contributed by atoms with E-state index in [9.17, 15) is 0 Å². The number of aromatic nitrogens is 1. The maximum Gasteiger partial charge on any atom is 0.0420 e. The molecule has 0 bridgehead atoms. The van der Waals surface area contributed by atoms with E-state index in [-0.39, 0.29) is 5.41 Å². The molecule has 0 aliphatic carbocycles. The molecule has 1 atom stereocenters. The van der Waals surface area contributed by atoms with E-state index in [4.69, 9.17) is 0 Å². The van der Waals surface area contributed by atoms with Crippen LogP contribution in [0.15, 0.2) is 53.1 Å². The summed E-state index contributed by atoms with van der Waals surface area (Å²) in [5.74, 6) is 0. The molecule has 1 N–H and O–H groups in total. The van der Waals surface area contributed by atoms with Crippen LogP contribution < -0.4 is 5.32 Å². The lowest BCUT2D eigenvalue weighted by atomic mass is 9.76. The molecular formula is C17H21BrN2. The lowest BCUT2D eigenvalue weighted by molar-refractivity contribution is 0.354. The molecule has 0 fully saturated rings. The average molecular weight is 333 g/mol. The van der Waals surface area contributed by atoms with E-state index in [1.807, 2.05) is 19.3 Å². The Morgan fingerprint density at radius 3 is 2.40 bits per heavy atom. The quantitative estimate of drug-likeness (QED) is 0.896. The molecule has 2 rings (SSSR count). The summed E-state index contributed by atoms with van der Waals surface area (Å²) in [5.41, 5.74) is 2.50. The van der Waals surface area contributed by atoms with Gasteiger partial charge < -0.3 is 5.32 Å². The minimum absolute atomic E-state index is 0.0464. The van der Waals surface area contributed by atoms with Gasteiger partial charge in [-0.05, 0) is 40.7 Å². The first-order valence-electron chi connectivity index (χ1n) is 6.87. The summed E-state index contributed by atoms with van der Waals surface area (Å²) in [5, 5.41) is 3.45. The number of nitrogens with zero attached hydrogens (tertiary/aromatic N) is 1. The van der Waals surface area contributed by atoms with Crippen LogP contribution in [0.25, 0.3) is 0 Å². The standard InChI is InChI=1S/C17H21BrN2/c1-17(2,13-7-5-4-6-8-13)16(19-3)11-15-10-9-14(18)12-20-15/h4-10,12,16,19H,11H2,1-3H3. The van der Waals surface area contributed by atoms with E-state index < -0.39 is 0 Å². The first kappa shape index (κ1) is 15.2. The molecule has 0 aliphatic heterocycles. The minimum Gasteiger partial charge on any atom is -0.316 e. The zero-order chi connectivity index (χ0) is 14.6. The van der Waals surface area contributed by atoms with Crippen molar-refractivity contribution in [3.05, 3.63) is 64.4 Å². The number of likely N-dealkylation sites (N-methyl/N-ethyl adjacent to an activating group) is 1. The highest BCUT2D eigenvalue weighted by Gasteiger charge is 2.30. The van der Waals surface area contributed by atoms with Crippen molar-refractivity contribution >= 4 is 15.9 Å². The van der Waals surface area contributed by atoms with Gasteiger partial charge in [0.25, 0.3) is 0 Å². The normalized spacial score (nSPS) is 13.2. The van der Waals surface area contributed by atoms with Crippen molar-refractivity contribution in [2.24, 2.45) is 0 Å². The monoisotopic (exact) mass is 332 g/mol. The molecule has 2 nitrogen and oxygen atoms in total. The van der Waals surface area contributed by atoms with Gasteiger partial charge in [-0.25, -0.2) is 0 Å². The predicted molar refractivity (Wildman–Crippen MR) is 88.0 cm³/mol. The van der Waals surface area contributed by atoms with Crippen molar-refractivity contribution in [3.63, 3.8) is 0 Å². The third kappa shape index (κ3) is 3.47. The van der Waals surface area contributed by atoms with Crippen LogP contribution in [0.2, 0.25) is 0 Å². The van der Waals surface area contributed by atoms with E-state index in [0.717, 1.165) is 16.6 Å². The molecule has 0 spiro atoms. The van der Waals surface area contributed by atoms with Gasteiger partial charge in [-0.1, -0.05) is 44.2 Å². The van der Waals surface area contributed by atoms with Crippen LogP contribution in [0.1, 0.15) is 25.1 Å². The Bertz CT molecular complexity index is 535. The Hall–Kier alpha value is -1.19. The summed E-state index contributed by atoms with van der Waals surface area (Å²) < 4.78 is 1.02. The van der Waals surface area contributed by atoms with Gasteiger partial charge >= 0.3 is 0 Å². The second kappa shape index (κ2) is 6.51. The van der Waals surface area contributed by atoms with Gasteiger partial charge in [-0.2, -0.15) is 0 Å². The molecule has 0 radical (unpaired) electrons. The Kier molecular flexibility index (Phi) is 4.95. The molecule has 2 aromatic rings. The summed E-state index contributed by atoms with van der Waals surface area (Å²) in [7, 11) is 2.02. The van der Waals surface area contributed by atoms with Gasteiger partial charge in [-0.3, -0.25) is 4.98 Å². The number of halogens is 1. The first-order chi connectivity index (χ1) is 9.54. The van der Waals surface area contributed by atoms with Crippen LogP contribution in [-0.4, -0.2) is 18.1 Å². The number of pyridine rings is 1. The summed E-state index contributed by atoms with van der Waals surface area (Å²) in [6.45, 7) is 4.56. The van der Waals surface area contributed by atoms with Crippen LogP contribution in [0.3, 0.4) is 0 Å². The van der Waals surface area contributed by atoms with Gasteiger partial charge in [0.15, 0.2) is 0 Å². The molecule has 1 heterocycles. The lowest BCUT2D eigenvalue weighted by Crippen LogP contribution is -2.44. The maximum absolute atomic E-state index is 4.49. The number of benzene rings is 1. The summed E-state index contributed by atoms with van der Waals surface area (Å²) >= 11 is 3.43. The zero-order valence-electron chi connectivity index (χ0n) is 12.2. The topological polar surface area (TPSA) is 24.9 Å². The molecular weight excluding hydrogens is 312 g/mol. The smallest absolute Gasteiger partial charge is 0.0420 e. The maximum atomic E-state index is 4.49. The van der Waals surface area contributed by atoms with Crippen LogP contribution >= 0.6 is 15.9 Å². The Morgan fingerprint density at radius 1 is 1.15 bits per heavy atom. The van der Waals surface area contributed by atoms with Gasteiger partial charge in [0, 0.05) is 34.2 Å². The van der Waals surface area contributed by atoms with Crippen LogP contribution in [0.5, 0.6) is 0 Å². The number of hydrogen-bond acceptors (Lipinski definition) is 2. The number of nitrogens with one attached hydrogen (secondary N) is 1. The Labute approximate surface area is 129 Å². The van der Waals surface area contributed by atoms with Crippen LogP contribution in [-0.2, 0) is 11.8 Å². The molecule has 0 saturated carbocycles. The minimum atomic E-state index is 0.0464. The van der Waals surface area contributed by atoms with Gasteiger partial charge in [0.2, 0.25) is 0 Å². The van der Waals surface area contributed by atoms with Gasteiger partial charge in [-0.15, -0.1) is 0 Å². The van der Waals surface area contributed by atoms with Crippen molar-refractivity contribution < 1.29 is 0 Å². The number of hydrogen-bond donors (Lipinski definition) is 1. The fraction of sp³-hybridized carbons (Fsp3) is 0.353. The lowest BCUT2D eigenvalue weighted by Gasteiger charge is -2.34. The average Bonchev–Trinajstić information content (AvgIpc) is 2.47. The molecule has 20 heavy (non-hydrogen) atoms. The van der Waals surface area contributed by atoms with Crippen LogP contribution in [0, 0.1) is 0 Å². The second-order valence-corrected chi connectivity index (χ2v) is 6.52. The van der Waals surface area contributed by atoms with Crippen molar-refractivity contribution in [1.82, 2.24) is 10.3 Å². The third-order valence-corrected chi connectivity index (χ3v) is 4.41. The highest BCUT2D eigenvalue weighted by atomic mass is 79.9. The molecule has 0 saturated heterocycles. The van der Waals surface area contributed by atoms with Crippen molar-refractivity contribution in [1.29, 1.82) is 0 Å². The fourth-order valence-electron chi connectivity index (χ4n) is 2.52. The summed E-state index contributed by atoms with van der Waals surface area (Å²) in [6, 6.07) is 15.1. The highest BCUT2D eigenvalue weighted by Crippen LogP contribution is 2.28. The molecule has 1 unspecified atom stereocenters. The summed E-state index contributed by atoms with van der Waals surface area (Å²) in [6.07, 6.45) is 2.77. The largest absolute Gasteiger partial charge is 0.316 e. The molecule has 0 amide bonds. The Balaban J connectivity index is 2.21. The van der Waals surface area contributed by atoms with Gasteiger partial charge in [0.05, 0.1) is 0 Å². The third-order valence-electron chi connectivity index (χ3n) is 3.94. The zero-order valence-corrected chi connectivity index (χ0v) is 13.8. The van der Waals surface area contributed by atoms with E-state index in [2.05, 4.69) is 76.5 Å². The highest BCUT2D eigenvalue weighted by molar-refractivity contribution is 9.10. The fourth-order valence-corrected chi connectivity index (χ4v) is 2.76. The molecule has 1 aromatic heterocycles. The first-order valence-corrected chi connectivity index (χ1v) is 7.66. The molecule has 106 valence electrons.